The van der Waals surface area contributed by atoms with Crippen LogP contribution in [0.3, 0.4) is 0 Å². The predicted molar refractivity (Wildman–Crippen MR) is 69.3 cm³/mol. The third-order valence-corrected chi connectivity index (χ3v) is 6.14. The molecule has 0 saturated heterocycles. The third-order valence-electron chi connectivity index (χ3n) is 2.80. The molecule has 0 aliphatic carbocycles. The highest BCUT2D eigenvalue weighted by Gasteiger charge is 2.35. The van der Waals surface area contributed by atoms with Gasteiger partial charge >= 0.3 is 5.97 Å². The molecule has 2 rings (SSSR count). The molecule has 0 amide bonds. The topological polar surface area (TPSA) is 60.4 Å². The SMILES string of the molecule is CC(C)(C)C(=O)OC1CCS(=O)(=O)c2sccc21. The minimum Gasteiger partial charge on any atom is -0.457 e. The number of ether oxygens (including phenoxy) is 1. The average molecular weight is 288 g/mol. The van der Waals surface area contributed by atoms with Crippen LogP contribution in [0.15, 0.2) is 15.7 Å². The Bertz CT molecular complexity index is 563. The number of esters is 1. The van der Waals surface area contributed by atoms with Crippen LogP contribution in [0.1, 0.15) is 38.9 Å². The summed E-state index contributed by atoms with van der Waals surface area (Å²) >= 11 is 1.19. The van der Waals surface area contributed by atoms with Gasteiger partial charge in [-0.15, -0.1) is 11.3 Å². The van der Waals surface area contributed by atoms with E-state index in [9.17, 15) is 13.2 Å². The zero-order valence-electron chi connectivity index (χ0n) is 10.6. The van der Waals surface area contributed by atoms with Gasteiger partial charge in [0.05, 0.1) is 11.2 Å². The lowest BCUT2D eigenvalue weighted by atomic mass is 9.97. The van der Waals surface area contributed by atoms with Gasteiger partial charge in [-0.1, -0.05) is 0 Å². The van der Waals surface area contributed by atoms with E-state index in [0.717, 1.165) is 0 Å². The Kier molecular flexibility index (Phi) is 3.27. The summed E-state index contributed by atoms with van der Waals surface area (Å²) < 4.78 is 29.4. The fourth-order valence-electron chi connectivity index (χ4n) is 1.74. The molecule has 0 fully saturated rings. The van der Waals surface area contributed by atoms with Gasteiger partial charge in [-0.25, -0.2) is 8.42 Å². The van der Waals surface area contributed by atoms with Crippen molar-refractivity contribution in [2.45, 2.75) is 37.5 Å². The summed E-state index contributed by atoms with van der Waals surface area (Å²) in [6.07, 6.45) is -0.0880. The van der Waals surface area contributed by atoms with Crippen LogP contribution >= 0.6 is 11.3 Å². The van der Waals surface area contributed by atoms with Gasteiger partial charge in [0, 0.05) is 12.0 Å². The van der Waals surface area contributed by atoms with Crippen molar-refractivity contribution in [3.8, 4) is 0 Å². The number of carbonyl (C=O) groups excluding carboxylic acids is 1. The molecule has 4 nitrogen and oxygen atoms in total. The summed E-state index contributed by atoms with van der Waals surface area (Å²) in [6, 6.07) is 1.73. The molecule has 0 radical (unpaired) electrons. The molecule has 1 atom stereocenters. The van der Waals surface area contributed by atoms with Crippen LogP contribution in [0.25, 0.3) is 0 Å². The Morgan fingerprint density at radius 3 is 2.72 bits per heavy atom. The standard InChI is InChI=1S/C12H16O4S2/c1-12(2,3)11(13)16-9-5-7-18(14,15)10-8(9)4-6-17-10/h4,6,9H,5,7H2,1-3H3. The highest BCUT2D eigenvalue weighted by Crippen LogP contribution is 2.38. The minimum absolute atomic E-state index is 0.0442. The smallest absolute Gasteiger partial charge is 0.311 e. The first-order chi connectivity index (χ1) is 8.22. The van der Waals surface area contributed by atoms with Crippen molar-refractivity contribution in [2.24, 2.45) is 5.41 Å². The van der Waals surface area contributed by atoms with Gasteiger partial charge in [0.2, 0.25) is 0 Å². The molecule has 1 aliphatic rings. The highest BCUT2D eigenvalue weighted by molar-refractivity contribution is 7.93. The van der Waals surface area contributed by atoms with Crippen LogP contribution in [-0.2, 0) is 19.4 Å². The number of hydrogen-bond donors (Lipinski definition) is 0. The number of hydrogen-bond acceptors (Lipinski definition) is 5. The Labute approximate surface area is 111 Å². The van der Waals surface area contributed by atoms with E-state index in [1.807, 2.05) is 0 Å². The second-order valence-corrected chi connectivity index (χ2v) is 8.64. The lowest BCUT2D eigenvalue weighted by molar-refractivity contribution is -0.159. The van der Waals surface area contributed by atoms with E-state index >= 15 is 0 Å². The van der Waals surface area contributed by atoms with Crippen LogP contribution in [0.2, 0.25) is 0 Å². The van der Waals surface area contributed by atoms with Gasteiger partial charge in [0.25, 0.3) is 0 Å². The fourth-order valence-corrected chi connectivity index (χ4v) is 4.68. The molecule has 0 saturated carbocycles. The van der Waals surface area contributed by atoms with E-state index in [-0.39, 0.29) is 11.7 Å². The molecule has 2 heterocycles. The predicted octanol–water partition coefficient (Wildman–Crippen LogP) is 2.56. The molecule has 0 N–H and O–H groups in total. The third kappa shape index (κ3) is 2.44. The summed E-state index contributed by atoms with van der Waals surface area (Å²) in [5.74, 6) is -0.258. The zero-order chi connectivity index (χ0) is 13.6. The maximum Gasteiger partial charge on any atom is 0.311 e. The first-order valence-electron chi connectivity index (χ1n) is 5.73. The molecular weight excluding hydrogens is 272 g/mol. The van der Waals surface area contributed by atoms with Crippen molar-refractivity contribution in [2.75, 3.05) is 5.75 Å². The second-order valence-electron chi connectivity index (χ2n) is 5.41. The van der Waals surface area contributed by atoms with Gasteiger partial charge in [0.1, 0.15) is 10.3 Å². The fraction of sp³-hybridized carbons (Fsp3) is 0.583. The van der Waals surface area contributed by atoms with Crippen molar-refractivity contribution < 1.29 is 17.9 Å². The molecule has 1 aromatic heterocycles. The number of fused-ring (bicyclic) bond motifs is 1. The molecule has 1 aliphatic heterocycles. The maximum absolute atomic E-state index is 11.9. The normalized spacial score (nSPS) is 22.3. The molecule has 18 heavy (non-hydrogen) atoms. The Morgan fingerprint density at radius 2 is 2.11 bits per heavy atom. The van der Waals surface area contributed by atoms with Gasteiger partial charge in [0.15, 0.2) is 9.84 Å². The van der Waals surface area contributed by atoms with Crippen LogP contribution in [-0.4, -0.2) is 20.1 Å². The molecule has 0 aromatic carbocycles. The number of thiophene rings is 1. The molecular formula is C12H16O4S2. The van der Waals surface area contributed by atoms with Crippen LogP contribution < -0.4 is 0 Å². The minimum atomic E-state index is -3.18. The van der Waals surface area contributed by atoms with E-state index in [1.54, 1.807) is 32.2 Å². The van der Waals surface area contributed by atoms with Crippen molar-refractivity contribution >= 4 is 27.1 Å². The summed E-state index contributed by atoms with van der Waals surface area (Å²) in [4.78, 5) is 11.9. The second kappa shape index (κ2) is 4.35. The maximum atomic E-state index is 11.9. The first kappa shape index (κ1) is 13.5. The number of carbonyl (C=O) groups is 1. The van der Waals surface area contributed by atoms with Crippen LogP contribution in [0, 0.1) is 5.41 Å². The van der Waals surface area contributed by atoms with Crippen LogP contribution in [0.4, 0.5) is 0 Å². The molecule has 0 spiro atoms. The molecule has 6 heteroatoms. The van der Waals surface area contributed by atoms with Gasteiger partial charge in [-0.3, -0.25) is 4.79 Å². The van der Waals surface area contributed by atoms with Crippen molar-refractivity contribution in [3.63, 3.8) is 0 Å². The Hall–Kier alpha value is -0.880. The van der Waals surface area contributed by atoms with E-state index < -0.39 is 21.4 Å². The van der Waals surface area contributed by atoms with Crippen LogP contribution in [0.5, 0.6) is 0 Å². The molecule has 0 bridgehead atoms. The summed E-state index contributed by atoms with van der Waals surface area (Å²) in [5, 5.41) is 1.73. The van der Waals surface area contributed by atoms with E-state index in [4.69, 9.17) is 4.74 Å². The van der Waals surface area contributed by atoms with Gasteiger partial charge in [-0.05, 0) is 32.2 Å². The lowest BCUT2D eigenvalue weighted by Gasteiger charge is -2.26. The van der Waals surface area contributed by atoms with Crippen molar-refractivity contribution in [3.05, 3.63) is 17.0 Å². The van der Waals surface area contributed by atoms with Gasteiger partial charge < -0.3 is 4.74 Å². The molecule has 1 aromatic rings. The largest absolute Gasteiger partial charge is 0.457 e. The van der Waals surface area contributed by atoms with E-state index in [1.165, 1.54) is 11.3 Å². The zero-order valence-corrected chi connectivity index (χ0v) is 12.2. The summed E-state index contributed by atoms with van der Waals surface area (Å²) in [6.45, 7) is 5.34. The Balaban J connectivity index is 2.27. The molecule has 1 unspecified atom stereocenters. The summed E-state index contributed by atoms with van der Waals surface area (Å²) in [5.41, 5.74) is 0.0517. The van der Waals surface area contributed by atoms with Crippen molar-refractivity contribution in [1.29, 1.82) is 0 Å². The van der Waals surface area contributed by atoms with E-state index in [0.29, 0.717) is 16.2 Å². The Morgan fingerprint density at radius 1 is 1.44 bits per heavy atom. The highest BCUT2D eigenvalue weighted by atomic mass is 32.2. The quantitative estimate of drug-likeness (QED) is 0.745. The average Bonchev–Trinajstić information content (AvgIpc) is 2.71. The van der Waals surface area contributed by atoms with E-state index in [2.05, 4.69) is 0 Å². The first-order valence-corrected chi connectivity index (χ1v) is 8.26. The number of sulfone groups is 1. The molecule has 100 valence electrons. The monoisotopic (exact) mass is 288 g/mol. The van der Waals surface area contributed by atoms with Crippen molar-refractivity contribution in [1.82, 2.24) is 0 Å². The summed E-state index contributed by atoms with van der Waals surface area (Å²) in [7, 11) is -3.18. The lowest BCUT2D eigenvalue weighted by Crippen LogP contribution is -2.28. The number of rotatable bonds is 1. The van der Waals surface area contributed by atoms with Gasteiger partial charge in [-0.2, -0.15) is 0 Å².